The molecule has 0 radical (unpaired) electrons. The van der Waals surface area contributed by atoms with E-state index in [1.807, 2.05) is 0 Å². The molecule has 0 N–H and O–H groups in total. The first-order valence-electron chi connectivity index (χ1n) is 5.97. The summed E-state index contributed by atoms with van der Waals surface area (Å²) in [6.45, 7) is 3.14. The van der Waals surface area contributed by atoms with Gasteiger partial charge in [0.15, 0.2) is 0 Å². The predicted molar refractivity (Wildman–Crippen MR) is 76.3 cm³/mol. The van der Waals surface area contributed by atoms with Crippen molar-refractivity contribution in [2.45, 2.75) is 9.79 Å². The van der Waals surface area contributed by atoms with Crippen molar-refractivity contribution in [3.8, 4) is 0 Å². The second kappa shape index (κ2) is 4.63. The monoisotopic (exact) mass is 325 g/mol. The van der Waals surface area contributed by atoms with Gasteiger partial charge in [0.1, 0.15) is 0 Å². The summed E-state index contributed by atoms with van der Waals surface area (Å²) in [4.78, 5) is 4.71. The van der Waals surface area contributed by atoms with Gasteiger partial charge in [-0.3, -0.25) is 4.84 Å². The maximum atomic E-state index is 12.5. The third-order valence-electron chi connectivity index (χ3n) is 3.07. The van der Waals surface area contributed by atoms with Crippen molar-refractivity contribution < 1.29 is 21.7 Å². The Morgan fingerprint density at radius 3 is 2.00 bits per heavy atom. The molecule has 0 spiro atoms. The van der Waals surface area contributed by atoms with Gasteiger partial charge in [-0.1, -0.05) is 30.3 Å². The Hall–Kier alpha value is -1.74. The fourth-order valence-corrected chi connectivity index (χ4v) is 6.02. The first-order chi connectivity index (χ1) is 9.90. The van der Waals surface area contributed by atoms with Crippen LogP contribution in [0.2, 0.25) is 0 Å². The van der Waals surface area contributed by atoms with Crippen LogP contribution in [0.25, 0.3) is 10.8 Å². The predicted octanol–water partition coefficient (Wildman–Crippen LogP) is 1.65. The van der Waals surface area contributed by atoms with E-state index in [-0.39, 0.29) is 25.7 Å². The lowest BCUT2D eigenvalue weighted by molar-refractivity contribution is 0.00259. The van der Waals surface area contributed by atoms with Crippen LogP contribution in [0.1, 0.15) is 0 Å². The van der Waals surface area contributed by atoms with Crippen LogP contribution in [0, 0.1) is 0 Å². The molecular weight excluding hydrogens is 314 g/mol. The van der Waals surface area contributed by atoms with Gasteiger partial charge in [-0.15, -0.1) is 6.58 Å². The summed E-state index contributed by atoms with van der Waals surface area (Å²) in [5.74, 6) is 0. The highest BCUT2D eigenvalue weighted by Gasteiger charge is 2.44. The first kappa shape index (κ1) is 14.2. The van der Waals surface area contributed by atoms with E-state index in [2.05, 4.69) is 6.58 Å². The van der Waals surface area contributed by atoms with E-state index in [4.69, 9.17) is 4.84 Å². The van der Waals surface area contributed by atoms with E-state index >= 15 is 0 Å². The van der Waals surface area contributed by atoms with Gasteiger partial charge in [0.05, 0.1) is 16.4 Å². The minimum atomic E-state index is -4.29. The number of benzene rings is 2. The zero-order chi connectivity index (χ0) is 15.3. The molecule has 0 aromatic heterocycles. The van der Waals surface area contributed by atoms with Crippen molar-refractivity contribution in [1.29, 1.82) is 0 Å². The highest BCUT2D eigenvalue weighted by atomic mass is 32.3. The third kappa shape index (κ3) is 1.91. The molecule has 2 aromatic carbocycles. The number of rotatable bonds is 3. The maximum absolute atomic E-state index is 12.5. The third-order valence-corrected chi connectivity index (χ3v) is 7.04. The number of hydrogen-bond acceptors (Lipinski definition) is 5. The van der Waals surface area contributed by atoms with Gasteiger partial charge in [0.2, 0.25) is 0 Å². The van der Waals surface area contributed by atoms with Crippen LogP contribution in [0.15, 0.2) is 58.8 Å². The van der Waals surface area contributed by atoms with Gasteiger partial charge in [0, 0.05) is 9.26 Å². The minimum Gasteiger partial charge on any atom is -0.265 e. The van der Waals surface area contributed by atoms with E-state index in [1.165, 1.54) is 18.2 Å². The number of hydrogen-bond donors (Lipinski definition) is 0. The molecule has 110 valence electrons. The Balaban J connectivity index is 2.44. The molecule has 0 unspecified atom stereocenters. The van der Waals surface area contributed by atoms with Crippen LogP contribution in [-0.2, 0) is 24.9 Å². The summed E-state index contributed by atoms with van der Waals surface area (Å²) in [6.07, 6.45) is 1.27. The molecule has 6 nitrogen and oxygen atoms in total. The number of sulfonamides is 2. The van der Waals surface area contributed by atoms with Crippen molar-refractivity contribution in [2.75, 3.05) is 6.61 Å². The van der Waals surface area contributed by atoms with E-state index in [9.17, 15) is 16.8 Å². The smallest absolute Gasteiger partial charge is 0.265 e. The Kier molecular flexibility index (Phi) is 3.14. The molecular formula is C13H11NO5S2. The quantitative estimate of drug-likeness (QED) is 0.802. The van der Waals surface area contributed by atoms with Crippen LogP contribution in [0.4, 0.5) is 0 Å². The van der Waals surface area contributed by atoms with E-state index in [0.29, 0.717) is 5.39 Å². The molecule has 0 fully saturated rings. The van der Waals surface area contributed by atoms with Crippen LogP contribution in [0.5, 0.6) is 0 Å². The average molecular weight is 325 g/mol. The topological polar surface area (TPSA) is 80.8 Å². The molecule has 8 heteroatoms. The lowest BCUT2D eigenvalue weighted by atomic mass is 10.1. The standard InChI is InChI=1S/C13H11NO5S2/c1-2-9-19-14-20(15,16)11-7-3-5-10-6-4-8-12(13(10)11)21(14,17)18/h2-8H,1,9H2. The summed E-state index contributed by atoms with van der Waals surface area (Å²) in [5, 5.41) is 0.735. The van der Waals surface area contributed by atoms with Gasteiger partial charge >= 0.3 is 0 Å². The molecule has 1 aliphatic heterocycles. The SMILES string of the molecule is C=CCON1S(=O)(=O)c2cccc3cccc(c23)S1(=O)=O. The fraction of sp³-hybridized carbons (Fsp3) is 0.0769. The van der Waals surface area contributed by atoms with Crippen LogP contribution >= 0.6 is 0 Å². The Morgan fingerprint density at radius 2 is 1.52 bits per heavy atom. The molecule has 0 atom stereocenters. The molecule has 21 heavy (non-hydrogen) atoms. The molecule has 0 amide bonds. The zero-order valence-corrected chi connectivity index (χ0v) is 12.4. The Morgan fingerprint density at radius 1 is 1.00 bits per heavy atom. The van der Waals surface area contributed by atoms with Crippen molar-refractivity contribution in [3.05, 3.63) is 49.1 Å². The van der Waals surface area contributed by atoms with Crippen LogP contribution in [0.3, 0.4) is 0 Å². The fourth-order valence-electron chi connectivity index (χ4n) is 2.25. The van der Waals surface area contributed by atoms with Gasteiger partial charge < -0.3 is 0 Å². The van der Waals surface area contributed by atoms with Crippen molar-refractivity contribution in [1.82, 2.24) is 3.87 Å². The van der Waals surface area contributed by atoms with Gasteiger partial charge in [-0.05, 0) is 17.5 Å². The lowest BCUT2D eigenvalue weighted by Crippen LogP contribution is -2.39. The van der Waals surface area contributed by atoms with Gasteiger partial charge in [-0.2, -0.15) is 0 Å². The molecule has 3 rings (SSSR count). The largest absolute Gasteiger partial charge is 0.280 e. The first-order valence-corrected chi connectivity index (χ1v) is 8.85. The van der Waals surface area contributed by atoms with E-state index < -0.39 is 20.0 Å². The second-order valence-electron chi connectivity index (χ2n) is 4.37. The Labute approximate surface area is 122 Å². The normalized spacial score (nSPS) is 19.4. The summed E-state index contributed by atoms with van der Waals surface area (Å²) < 4.78 is 50.1. The lowest BCUT2D eigenvalue weighted by Gasteiger charge is -2.26. The molecule has 2 aromatic rings. The summed E-state index contributed by atoms with van der Waals surface area (Å²) in [7, 11) is -8.59. The highest BCUT2D eigenvalue weighted by Crippen LogP contribution is 2.39. The molecule has 0 saturated heterocycles. The van der Waals surface area contributed by atoms with Crippen LogP contribution < -0.4 is 0 Å². The zero-order valence-electron chi connectivity index (χ0n) is 10.8. The molecule has 0 bridgehead atoms. The Bertz CT molecular complexity index is 879. The molecule has 1 aliphatic rings. The summed E-state index contributed by atoms with van der Waals surface area (Å²) in [6, 6.07) is 9.16. The van der Waals surface area contributed by atoms with E-state index in [1.54, 1.807) is 24.3 Å². The summed E-state index contributed by atoms with van der Waals surface area (Å²) in [5.41, 5.74) is 0. The molecule has 0 aliphatic carbocycles. The van der Waals surface area contributed by atoms with Gasteiger partial charge in [-0.25, -0.2) is 16.8 Å². The van der Waals surface area contributed by atoms with Crippen molar-refractivity contribution in [2.24, 2.45) is 0 Å². The van der Waals surface area contributed by atoms with Crippen molar-refractivity contribution >= 4 is 30.8 Å². The van der Waals surface area contributed by atoms with Crippen molar-refractivity contribution in [3.63, 3.8) is 0 Å². The second-order valence-corrected chi connectivity index (χ2v) is 8.04. The average Bonchev–Trinajstić information content (AvgIpc) is 2.44. The minimum absolute atomic E-state index is 0.0682. The molecule has 1 heterocycles. The number of nitrogens with zero attached hydrogens (tertiary/aromatic N) is 1. The maximum Gasteiger partial charge on any atom is 0.280 e. The highest BCUT2D eigenvalue weighted by molar-refractivity contribution is 8.04. The van der Waals surface area contributed by atoms with Gasteiger partial charge in [0.25, 0.3) is 20.0 Å². The molecule has 0 saturated carbocycles. The van der Waals surface area contributed by atoms with Crippen LogP contribution in [-0.4, -0.2) is 27.3 Å². The summed E-state index contributed by atoms with van der Waals surface area (Å²) >= 11 is 0. The van der Waals surface area contributed by atoms with E-state index in [0.717, 1.165) is 0 Å².